The zero-order valence-electron chi connectivity index (χ0n) is 12.8. The lowest BCUT2D eigenvalue weighted by Crippen LogP contribution is -2.49. The van der Waals surface area contributed by atoms with E-state index in [1.165, 1.54) is 4.88 Å². The predicted molar refractivity (Wildman–Crippen MR) is 90.3 cm³/mol. The topological polar surface area (TPSA) is 38.3 Å². The van der Waals surface area contributed by atoms with Crippen molar-refractivity contribution >= 4 is 17.2 Å². The minimum absolute atomic E-state index is 0.00307. The van der Waals surface area contributed by atoms with Gasteiger partial charge in [-0.05, 0) is 42.0 Å². The number of rotatable bonds is 5. The third kappa shape index (κ3) is 3.23. The minimum atomic E-state index is -0.182. The molecule has 22 heavy (non-hydrogen) atoms. The number of amides is 1. The van der Waals surface area contributed by atoms with Gasteiger partial charge in [0.1, 0.15) is 0 Å². The second kappa shape index (κ2) is 6.63. The fourth-order valence-corrected chi connectivity index (χ4v) is 3.91. The SMILES string of the molecule is COCC1(NC(=O)c2ccc(-c3cccs3)cc2)CCCC1. The van der Waals surface area contributed by atoms with Crippen molar-refractivity contribution in [3.63, 3.8) is 0 Å². The maximum atomic E-state index is 12.5. The standard InChI is InChI=1S/C18H21NO2S/c1-21-13-18(10-2-3-11-18)19-17(20)15-8-6-14(7-9-15)16-5-4-12-22-16/h4-9,12H,2-3,10-11,13H2,1H3,(H,19,20). The van der Waals surface area contributed by atoms with Crippen LogP contribution in [0.5, 0.6) is 0 Å². The fourth-order valence-electron chi connectivity index (χ4n) is 3.18. The van der Waals surface area contributed by atoms with Crippen molar-refractivity contribution in [2.75, 3.05) is 13.7 Å². The summed E-state index contributed by atoms with van der Waals surface area (Å²) in [5, 5.41) is 5.26. The molecule has 1 aliphatic carbocycles. The largest absolute Gasteiger partial charge is 0.382 e. The van der Waals surface area contributed by atoms with Gasteiger partial charge in [-0.25, -0.2) is 0 Å². The number of thiophene rings is 1. The number of ether oxygens (including phenoxy) is 1. The minimum Gasteiger partial charge on any atom is -0.382 e. The molecule has 3 nitrogen and oxygen atoms in total. The molecular formula is C18H21NO2S. The first-order valence-electron chi connectivity index (χ1n) is 7.68. The van der Waals surface area contributed by atoms with Gasteiger partial charge in [0.05, 0.1) is 12.1 Å². The van der Waals surface area contributed by atoms with Crippen LogP contribution in [0, 0.1) is 0 Å². The number of nitrogens with one attached hydrogen (secondary N) is 1. The molecule has 0 saturated heterocycles. The molecule has 1 amide bonds. The molecule has 1 aliphatic rings. The monoisotopic (exact) mass is 315 g/mol. The van der Waals surface area contributed by atoms with Crippen LogP contribution in [0.15, 0.2) is 41.8 Å². The van der Waals surface area contributed by atoms with Gasteiger partial charge in [-0.15, -0.1) is 11.3 Å². The van der Waals surface area contributed by atoms with Gasteiger partial charge in [0.15, 0.2) is 0 Å². The van der Waals surface area contributed by atoms with Gasteiger partial charge in [0.2, 0.25) is 0 Å². The van der Waals surface area contributed by atoms with Crippen LogP contribution in [0.2, 0.25) is 0 Å². The van der Waals surface area contributed by atoms with Crippen molar-refractivity contribution < 1.29 is 9.53 Å². The van der Waals surface area contributed by atoms with Crippen molar-refractivity contribution in [3.8, 4) is 10.4 Å². The third-order valence-electron chi connectivity index (χ3n) is 4.31. The number of carbonyl (C=O) groups excluding carboxylic acids is 1. The molecule has 1 aromatic heterocycles. The van der Waals surface area contributed by atoms with Crippen molar-refractivity contribution in [1.29, 1.82) is 0 Å². The lowest BCUT2D eigenvalue weighted by Gasteiger charge is -2.29. The van der Waals surface area contributed by atoms with Crippen LogP contribution in [0.25, 0.3) is 10.4 Å². The van der Waals surface area contributed by atoms with E-state index in [0.29, 0.717) is 12.2 Å². The Bertz CT molecular complexity index is 613. The maximum absolute atomic E-state index is 12.5. The molecule has 1 saturated carbocycles. The van der Waals surface area contributed by atoms with Gasteiger partial charge < -0.3 is 10.1 Å². The van der Waals surface area contributed by atoms with Crippen LogP contribution < -0.4 is 5.32 Å². The average Bonchev–Trinajstić information content (AvgIpc) is 3.20. The molecule has 2 aromatic rings. The van der Waals surface area contributed by atoms with Crippen molar-refractivity contribution in [1.82, 2.24) is 5.32 Å². The van der Waals surface area contributed by atoms with E-state index in [0.717, 1.165) is 31.2 Å². The second-order valence-electron chi connectivity index (χ2n) is 5.93. The molecular weight excluding hydrogens is 294 g/mol. The van der Waals surface area contributed by atoms with E-state index in [4.69, 9.17) is 4.74 Å². The number of hydrogen-bond acceptors (Lipinski definition) is 3. The van der Waals surface area contributed by atoms with E-state index in [2.05, 4.69) is 16.8 Å². The molecule has 1 heterocycles. The summed E-state index contributed by atoms with van der Waals surface area (Å²) in [7, 11) is 1.70. The van der Waals surface area contributed by atoms with Crippen molar-refractivity contribution in [3.05, 3.63) is 47.3 Å². The Kier molecular flexibility index (Phi) is 4.60. The summed E-state index contributed by atoms with van der Waals surface area (Å²) in [6, 6.07) is 12.0. The lowest BCUT2D eigenvalue weighted by molar-refractivity contribution is 0.0767. The zero-order valence-corrected chi connectivity index (χ0v) is 13.6. The van der Waals surface area contributed by atoms with Crippen LogP contribution in [0.1, 0.15) is 36.0 Å². The van der Waals surface area contributed by atoms with E-state index in [-0.39, 0.29) is 11.4 Å². The predicted octanol–water partition coefficient (Wildman–Crippen LogP) is 4.10. The molecule has 1 N–H and O–H groups in total. The molecule has 4 heteroatoms. The molecule has 116 valence electrons. The Balaban J connectivity index is 1.72. The summed E-state index contributed by atoms with van der Waals surface area (Å²) in [6.07, 6.45) is 4.31. The van der Waals surface area contributed by atoms with E-state index >= 15 is 0 Å². The Hall–Kier alpha value is -1.65. The summed E-state index contributed by atoms with van der Waals surface area (Å²) in [5.74, 6) is -0.00307. The van der Waals surface area contributed by atoms with Crippen LogP contribution in [0.3, 0.4) is 0 Å². The molecule has 3 rings (SSSR count). The number of benzene rings is 1. The molecule has 0 unspecified atom stereocenters. The van der Waals surface area contributed by atoms with Crippen LogP contribution in [0.4, 0.5) is 0 Å². The van der Waals surface area contributed by atoms with Crippen LogP contribution in [-0.2, 0) is 4.74 Å². The molecule has 0 atom stereocenters. The first-order valence-corrected chi connectivity index (χ1v) is 8.56. The van der Waals surface area contributed by atoms with Gasteiger partial charge in [0, 0.05) is 17.6 Å². The van der Waals surface area contributed by atoms with Crippen LogP contribution >= 0.6 is 11.3 Å². The van der Waals surface area contributed by atoms with Gasteiger partial charge in [-0.2, -0.15) is 0 Å². The summed E-state index contributed by atoms with van der Waals surface area (Å²) >= 11 is 1.71. The van der Waals surface area contributed by atoms with Gasteiger partial charge in [0.25, 0.3) is 5.91 Å². The van der Waals surface area contributed by atoms with Gasteiger partial charge in [-0.1, -0.05) is 31.0 Å². The molecule has 0 aliphatic heterocycles. The normalized spacial score (nSPS) is 16.6. The molecule has 0 bridgehead atoms. The Morgan fingerprint density at radius 1 is 1.23 bits per heavy atom. The number of hydrogen-bond donors (Lipinski definition) is 1. The molecule has 0 radical (unpaired) electrons. The molecule has 1 fully saturated rings. The Morgan fingerprint density at radius 2 is 1.95 bits per heavy atom. The lowest BCUT2D eigenvalue weighted by atomic mass is 9.98. The van der Waals surface area contributed by atoms with Crippen molar-refractivity contribution in [2.24, 2.45) is 0 Å². The summed E-state index contributed by atoms with van der Waals surface area (Å²) in [6.45, 7) is 0.589. The fraction of sp³-hybridized carbons (Fsp3) is 0.389. The van der Waals surface area contributed by atoms with Crippen LogP contribution in [-0.4, -0.2) is 25.2 Å². The number of methoxy groups -OCH3 is 1. The summed E-state index contributed by atoms with van der Waals surface area (Å²) in [5.41, 5.74) is 1.68. The molecule has 1 aromatic carbocycles. The van der Waals surface area contributed by atoms with E-state index in [1.807, 2.05) is 30.3 Å². The Labute approximate surface area is 135 Å². The second-order valence-corrected chi connectivity index (χ2v) is 6.88. The Morgan fingerprint density at radius 3 is 2.55 bits per heavy atom. The quantitative estimate of drug-likeness (QED) is 0.902. The first kappa shape index (κ1) is 15.3. The third-order valence-corrected chi connectivity index (χ3v) is 5.23. The highest BCUT2D eigenvalue weighted by Gasteiger charge is 2.35. The first-order chi connectivity index (χ1) is 10.7. The number of carbonyl (C=O) groups is 1. The highest BCUT2D eigenvalue weighted by atomic mass is 32.1. The van der Waals surface area contributed by atoms with E-state index in [9.17, 15) is 4.79 Å². The van der Waals surface area contributed by atoms with E-state index in [1.54, 1.807) is 18.4 Å². The summed E-state index contributed by atoms with van der Waals surface area (Å²) < 4.78 is 5.32. The smallest absolute Gasteiger partial charge is 0.251 e. The van der Waals surface area contributed by atoms with Gasteiger partial charge >= 0.3 is 0 Å². The zero-order chi connectivity index (χ0) is 15.4. The van der Waals surface area contributed by atoms with Gasteiger partial charge in [-0.3, -0.25) is 4.79 Å². The van der Waals surface area contributed by atoms with E-state index < -0.39 is 0 Å². The highest BCUT2D eigenvalue weighted by molar-refractivity contribution is 7.13. The van der Waals surface area contributed by atoms with Crippen molar-refractivity contribution in [2.45, 2.75) is 31.2 Å². The summed E-state index contributed by atoms with van der Waals surface area (Å²) in [4.78, 5) is 13.7. The highest BCUT2D eigenvalue weighted by Crippen LogP contribution is 2.30. The molecule has 0 spiro atoms. The maximum Gasteiger partial charge on any atom is 0.251 e. The average molecular weight is 315 g/mol.